The van der Waals surface area contributed by atoms with E-state index in [-0.39, 0.29) is 17.5 Å². The number of halogens is 2. The Hall–Kier alpha value is -0.447. The van der Waals surface area contributed by atoms with Gasteiger partial charge in [-0.3, -0.25) is 15.1 Å². The summed E-state index contributed by atoms with van der Waals surface area (Å²) in [6.07, 6.45) is 5.02. The molecule has 24 heavy (non-hydrogen) atoms. The van der Waals surface area contributed by atoms with Crippen LogP contribution in [0.4, 0.5) is 5.69 Å². The first-order valence-corrected chi connectivity index (χ1v) is 14.1. The second-order valence-corrected chi connectivity index (χ2v) is 9.87. The average Bonchev–Trinajstić information content (AvgIpc) is 2.52. The minimum absolute atomic E-state index is 0.0168. The summed E-state index contributed by atoms with van der Waals surface area (Å²) in [7, 11) is 9.87. The van der Waals surface area contributed by atoms with Gasteiger partial charge >= 0.3 is 37.9 Å². The number of nitro groups is 1. The molecule has 1 aliphatic carbocycles. The van der Waals surface area contributed by atoms with Gasteiger partial charge in [0.25, 0.3) is 5.69 Å². The number of non-ortho nitro benzene ring substituents is 1. The Balaban J connectivity index is 0.000000891. The predicted molar refractivity (Wildman–Crippen MR) is 94.8 cm³/mol. The van der Waals surface area contributed by atoms with Crippen molar-refractivity contribution in [2.45, 2.75) is 46.1 Å². The summed E-state index contributed by atoms with van der Waals surface area (Å²) in [5, 5.41) is 20.9. The molecule has 132 valence electrons. The van der Waals surface area contributed by atoms with Gasteiger partial charge in [0, 0.05) is 23.9 Å². The SMILES string of the molecule is Cc1cc([N+](=O)[O-])cc(C=NC2CCCC(C)C2C)c1O.[Cl][Zr][Cl]. The molecule has 3 unspecified atom stereocenters. The van der Waals surface area contributed by atoms with Crippen LogP contribution >= 0.6 is 17.0 Å². The number of phenolic OH excluding ortho intramolecular Hbond substituents is 1. The molecule has 3 atom stereocenters. The van der Waals surface area contributed by atoms with Crippen molar-refractivity contribution in [1.82, 2.24) is 0 Å². The molecule has 1 saturated carbocycles. The van der Waals surface area contributed by atoms with E-state index in [1.54, 1.807) is 13.1 Å². The van der Waals surface area contributed by atoms with Gasteiger partial charge in [-0.2, -0.15) is 0 Å². The van der Waals surface area contributed by atoms with E-state index in [9.17, 15) is 15.2 Å². The normalized spacial score (nSPS) is 23.5. The van der Waals surface area contributed by atoms with Gasteiger partial charge in [-0.1, -0.05) is 26.7 Å². The fourth-order valence-corrected chi connectivity index (χ4v) is 2.93. The van der Waals surface area contributed by atoms with Crippen molar-refractivity contribution < 1.29 is 30.9 Å². The Bertz CT molecular complexity index is 599. The fraction of sp³-hybridized carbons (Fsp3) is 0.562. The van der Waals surface area contributed by atoms with Gasteiger partial charge in [0.15, 0.2) is 0 Å². The van der Waals surface area contributed by atoms with E-state index >= 15 is 0 Å². The standard InChI is InChI=1S/C16H22N2O3.2ClH.Zr/c1-10-5-4-6-15(12(10)3)17-9-13-8-14(18(20)21)7-11(2)16(13)19;;;/h7-10,12,15,19H,4-6H2,1-3H3;2*1H;/q;;;+2/p-2. The molecule has 1 N–H and O–H groups in total. The summed E-state index contributed by atoms with van der Waals surface area (Å²) >= 11 is -0.826. The molecule has 0 spiro atoms. The van der Waals surface area contributed by atoms with Crippen LogP contribution < -0.4 is 0 Å². The van der Waals surface area contributed by atoms with Gasteiger partial charge in [-0.05, 0) is 30.7 Å². The first-order valence-electron chi connectivity index (χ1n) is 7.79. The molecule has 0 radical (unpaired) electrons. The number of nitro benzene ring substituents is 1. The van der Waals surface area contributed by atoms with E-state index in [1.807, 2.05) is 0 Å². The molecule has 0 aromatic heterocycles. The van der Waals surface area contributed by atoms with Crippen LogP contribution in [0.5, 0.6) is 5.75 Å². The maximum atomic E-state index is 10.9. The predicted octanol–water partition coefficient (Wildman–Crippen LogP) is 5.23. The van der Waals surface area contributed by atoms with Crippen molar-refractivity contribution >= 4 is 28.9 Å². The second kappa shape index (κ2) is 10.5. The number of aliphatic imine (C=N–C) groups is 1. The zero-order chi connectivity index (χ0) is 18.3. The van der Waals surface area contributed by atoms with E-state index < -0.39 is 25.8 Å². The number of aryl methyl sites for hydroxylation is 1. The molecule has 0 aliphatic heterocycles. The molecular weight excluding hydrogens is 430 g/mol. The second-order valence-electron chi connectivity index (χ2n) is 6.14. The topological polar surface area (TPSA) is 75.7 Å². The summed E-state index contributed by atoms with van der Waals surface area (Å²) in [5.41, 5.74) is 0.902. The van der Waals surface area contributed by atoms with Crippen molar-refractivity contribution in [3.8, 4) is 5.75 Å². The number of phenols is 1. The molecule has 0 heterocycles. The number of nitrogens with zero attached hydrogens (tertiary/aromatic N) is 2. The van der Waals surface area contributed by atoms with Crippen LogP contribution in [0.2, 0.25) is 0 Å². The summed E-state index contributed by atoms with van der Waals surface area (Å²) < 4.78 is 0. The number of rotatable bonds is 3. The van der Waals surface area contributed by atoms with E-state index in [1.165, 1.54) is 18.6 Å². The van der Waals surface area contributed by atoms with E-state index in [2.05, 4.69) is 18.8 Å². The molecule has 2 rings (SSSR count). The van der Waals surface area contributed by atoms with E-state index in [4.69, 9.17) is 17.0 Å². The third-order valence-corrected chi connectivity index (χ3v) is 4.59. The Morgan fingerprint density at radius 1 is 1.38 bits per heavy atom. The summed E-state index contributed by atoms with van der Waals surface area (Å²) in [6.45, 7) is 6.09. The maximum absolute atomic E-state index is 10.9. The molecule has 1 aliphatic rings. The van der Waals surface area contributed by atoms with Crippen molar-refractivity contribution in [2.75, 3.05) is 0 Å². The molecule has 0 saturated heterocycles. The molecule has 0 bridgehead atoms. The molecule has 1 aromatic rings. The van der Waals surface area contributed by atoms with Gasteiger partial charge in [0.1, 0.15) is 5.75 Å². The van der Waals surface area contributed by atoms with Crippen molar-refractivity contribution in [2.24, 2.45) is 16.8 Å². The number of benzene rings is 1. The first-order chi connectivity index (χ1) is 11.3. The van der Waals surface area contributed by atoms with Gasteiger partial charge in [0.05, 0.1) is 11.0 Å². The van der Waals surface area contributed by atoms with Crippen LogP contribution in [-0.4, -0.2) is 22.3 Å². The molecule has 1 fully saturated rings. The Morgan fingerprint density at radius 2 is 2.00 bits per heavy atom. The van der Waals surface area contributed by atoms with Gasteiger partial charge in [-0.25, -0.2) is 0 Å². The van der Waals surface area contributed by atoms with Crippen LogP contribution in [0.1, 0.15) is 44.2 Å². The molecule has 1 aromatic carbocycles. The molecule has 0 amide bonds. The fourth-order valence-electron chi connectivity index (χ4n) is 2.93. The molecular formula is C16H22Cl2N2O3Zr. The van der Waals surface area contributed by atoms with E-state index in [0.717, 1.165) is 12.8 Å². The summed E-state index contributed by atoms with van der Waals surface area (Å²) in [6, 6.07) is 2.98. The Kier molecular flexibility index (Phi) is 9.47. The van der Waals surface area contributed by atoms with Gasteiger partial charge < -0.3 is 5.11 Å². The Morgan fingerprint density at radius 3 is 2.58 bits per heavy atom. The van der Waals surface area contributed by atoms with E-state index in [0.29, 0.717) is 23.0 Å². The number of hydrogen-bond acceptors (Lipinski definition) is 4. The summed E-state index contributed by atoms with van der Waals surface area (Å²) in [5.74, 6) is 1.21. The van der Waals surface area contributed by atoms with Crippen LogP contribution in [-0.2, 0) is 20.8 Å². The molecule has 5 nitrogen and oxygen atoms in total. The van der Waals surface area contributed by atoms with Crippen LogP contribution in [0.15, 0.2) is 17.1 Å². The average molecular weight is 452 g/mol. The van der Waals surface area contributed by atoms with Crippen molar-refractivity contribution in [3.05, 3.63) is 33.4 Å². The third kappa shape index (κ3) is 6.13. The van der Waals surface area contributed by atoms with Gasteiger partial charge in [0.2, 0.25) is 0 Å². The first kappa shape index (κ1) is 21.6. The number of aromatic hydroxyl groups is 1. The minimum atomic E-state index is -0.826. The van der Waals surface area contributed by atoms with Crippen LogP contribution in [0, 0.1) is 28.9 Å². The quantitative estimate of drug-likeness (QED) is 0.388. The zero-order valence-corrected chi connectivity index (χ0v) is 18.0. The Labute approximate surface area is 161 Å². The van der Waals surface area contributed by atoms with Crippen LogP contribution in [0.25, 0.3) is 0 Å². The monoisotopic (exact) mass is 450 g/mol. The number of hydrogen-bond donors (Lipinski definition) is 1. The van der Waals surface area contributed by atoms with Gasteiger partial charge in [-0.15, -0.1) is 0 Å². The third-order valence-electron chi connectivity index (χ3n) is 4.59. The summed E-state index contributed by atoms with van der Waals surface area (Å²) in [4.78, 5) is 15.0. The zero-order valence-electron chi connectivity index (χ0n) is 14.0. The van der Waals surface area contributed by atoms with Crippen molar-refractivity contribution in [3.63, 3.8) is 0 Å². The van der Waals surface area contributed by atoms with Crippen molar-refractivity contribution in [1.29, 1.82) is 0 Å². The van der Waals surface area contributed by atoms with Crippen LogP contribution in [0.3, 0.4) is 0 Å². The molecule has 8 heteroatoms.